The maximum absolute atomic E-state index is 5.54. The second-order valence-corrected chi connectivity index (χ2v) is 28.6. The summed E-state index contributed by atoms with van der Waals surface area (Å²) < 4.78 is 4.62. The minimum absolute atomic E-state index is 0.588. The van der Waals surface area contributed by atoms with Crippen molar-refractivity contribution in [3.8, 4) is 135 Å². The molecule has 20 rings (SSSR count). The second kappa shape index (κ2) is 25.4. The molecule has 0 saturated heterocycles. The van der Waals surface area contributed by atoms with Crippen LogP contribution in [0.4, 0.5) is 0 Å². The first-order valence-electron chi connectivity index (χ1n) is 34.9. The predicted molar refractivity (Wildman–Crippen MR) is 437 cm³/mol. The monoisotopic (exact) mass is 1360 g/mol. The Balaban J connectivity index is 0.766. The Kier molecular flexibility index (Phi) is 14.8. The van der Waals surface area contributed by atoms with Gasteiger partial charge in [-0.25, -0.2) is 29.9 Å². The fourth-order valence-electron chi connectivity index (χ4n) is 14.9. The van der Waals surface area contributed by atoms with Crippen molar-refractivity contribution >= 4 is 95.3 Å². The number of benzene rings is 16. The Morgan fingerprint density at radius 3 is 1.12 bits per heavy atom. The maximum Gasteiger partial charge on any atom is 0.165 e. The minimum atomic E-state index is 0.588. The smallest absolute Gasteiger partial charge is 0.165 e. The quantitative estimate of drug-likeness (QED) is 0.121. The van der Waals surface area contributed by atoms with E-state index < -0.39 is 0 Å². The van der Waals surface area contributed by atoms with E-state index in [1.165, 1.54) is 42.1 Å². The van der Waals surface area contributed by atoms with Crippen LogP contribution in [0, 0.1) is 0 Å². The fourth-order valence-corrected chi connectivity index (χ4v) is 17.3. The SMILES string of the molecule is c1ccc(-c2ccc(-c3cc(-c4ccc(-c5nc(-c6ccc(-c7ccccc7)cc6)nc(-c6ccc7ccc(-c8ccc9ccccc9c8)cc7c6)n5)c5sc6ccccc6c45)c4ccc(-c5nc(-c6ccc(-c7ccccc7)cc6)nc(-c6cccc7c6sc6ccccc67)n5)cc4c3)cc2)cc1. The molecule has 0 unspecified atom stereocenters. The second-order valence-electron chi connectivity index (χ2n) is 26.5. The average Bonchev–Trinajstić information content (AvgIpc) is 1.30. The lowest BCUT2D eigenvalue weighted by molar-refractivity contribution is 1.08. The summed E-state index contributed by atoms with van der Waals surface area (Å²) in [4.78, 5) is 32.7. The van der Waals surface area contributed by atoms with Gasteiger partial charge in [0, 0.05) is 73.7 Å². The number of thiophene rings is 2. The molecule has 0 atom stereocenters. The van der Waals surface area contributed by atoms with Crippen molar-refractivity contribution in [2.45, 2.75) is 0 Å². The lowest BCUT2D eigenvalue weighted by atomic mass is 9.89. The predicted octanol–water partition coefficient (Wildman–Crippen LogP) is 26.3. The number of fused-ring (bicyclic) bond motifs is 9. The molecule has 104 heavy (non-hydrogen) atoms. The molecule has 0 radical (unpaired) electrons. The van der Waals surface area contributed by atoms with Crippen molar-refractivity contribution < 1.29 is 0 Å². The van der Waals surface area contributed by atoms with Gasteiger partial charge in [0.25, 0.3) is 0 Å². The Labute approximate surface area is 607 Å². The molecule has 0 spiro atoms. The highest BCUT2D eigenvalue weighted by Gasteiger charge is 2.24. The van der Waals surface area contributed by atoms with Crippen LogP contribution in [0.15, 0.2) is 352 Å². The fraction of sp³-hybridized carbons (Fsp3) is 0. The van der Waals surface area contributed by atoms with E-state index in [9.17, 15) is 0 Å². The van der Waals surface area contributed by atoms with Crippen LogP contribution in [0.2, 0.25) is 0 Å². The average molecular weight is 1360 g/mol. The summed E-state index contributed by atoms with van der Waals surface area (Å²) >= 11 is 3.56. The van der Waals surface area contributed by atoms with Gasteiger partial charge in [-0.15, -0.1) is 22.7 Å². The van der Waals surface area contributed by atoms with Crippen molar-refractivity contribution in [1.82, 2.24) is 29.9 Å². The van der Waals surface area contributed by atoms with Crippen LogP contribution in [0.25, 0.3) is 208 Å². The van der Waals surface area contributed by atoms with E-state index in [0.717, 1.165) is 131 Å². The van der Waals surface area contributed by atoms with Crippen molar-refractivity contribution in [2.24, 2.45) is 0 Å². The molecule has 0 saturated carbocycles. The Morgan fingerprint density at radius 1 is 0.163 bits per heavy atom. The van der Waals surface area contributed by atoms with Gasteiger partial charge < -0.3 is 0 Å². The third-order valence-electron chi connectivity index (χ3n) is 20.2. The van der Waals surface area contributed by atoms with Gasteiger partial charge in [0.15, 0.2) is 34.9 Å². The van der Waals surface area contributed by atoms with Gasteiger partial charge in [0.05, 0.1) is 0 Å². The summed E-state index contributed by atoms with van der Waals surface area (Å²) in [6.45, 7) is 0. The van der Waals surface area contributed by atoms with E-state index in [1.54, 1.807) is 22.7 Å². The molecule has 6 nitrogen and oxygen atoms in total. The molecule has 0 fully saturated rings. The molecule has 20 aromatic rings. The van der Waals surface area contributed by atoms with E-state index in [0.29, 0.717) is 34.9 Å². The molecular formula is C96H58N6S2. The highest BCUT2D eigenvalue weighted by atomic mass is 32.1. The normalized spacial score (nSPS) is 11.7. The zero-order valence-electron chi connectivity index (χ0n) is 56.0. The standard InChI is InChI=1S/C96H58N6S2/c1-4-17-59(18-5-1)63-31-33-67(34-32-63)76-57-77-56-74(94-98-91(68-42-35-64(36-43-68)60-19-6-2-7-20-60)99-95(101-94)83-28-16-27-81-79-25-12-14-29-86(79)103-89(81)83)49-50-78(77)85(58-76)80-51-52-84(90-88(80)82-26-13-15-30-87(82)104-90)96-100-92(69-44-37-65(38-45-69)61-21-8-3-9-22-61)97-93(102-96)73-48-41-66-40-47-72(54-75(66)55-73)71-46-39-62-23-10-11-24-70(62)53-71/h1-58H. The molecule has 8 heteroatoms. The number of hydrogen-bond donors (Lipinski definition) is 0. The van der Waals surface area contributed by atoms with Gasteiger partial charge in [-0.05, 0) is 160 Å². The third-order valence-corrected chi connectivity index (χ3v) is 22.6. The first-order valence-corrected chi connectivity index (χ1v) is 36.6. The van der Waals surface area contributed by atoms with Gasteiger partial charge >= 0.3 is 0 Å². The summed E-state index contributed by atoms with van der Waals surface area (Å²) in [6.07, 6.45) is 0. The summed E-state index contributed by atoms with van der Waals surface area (Å²) in [5.74, 6) is 3.59. The molecule has 16 aromatic carbocycles. The van der Waals surface area contributed by atoms with Gasteiger partial charge in [-0.1, -0.05) is 291 Å². The number of rotatable bonds is 12. The maximum atomic E-state index is 5.54. The molecule has 0 aliphatic heterocycles. The molecule has 0 aliphatic rings. The van der Waals surface area contributed by atoms with Crippen LogP contribution in [0.5, 0.6) is 0 Å². The molecule has 4 aromatic heterocycles. The number of aromatic nitrogens is 6. The molecule has 0 amide bonds. The summed E-state index contributed by atoms with van der Waals surface area (Å²) in [5.41, 5.74) is 19.0. The van der Waals surface area contributed by atoms with E-state index in [4.69, 9.17) is 29.9 Å². The summed E-state index contributed by atoms with van der Waals surface area (Å²) in [5, 5.41) is 11.5. The largest absolute Gasteiger partial charge is 0.208 e. The summed E-state index contributed by atoms with van der Waals surface area (Å²) in [6, 6.07) is 126. The first-order chi connectivity index (χ1) is 51.5. The van der Waals surface area contributed by atoms with Crippen LogP contribution in [0.1, 0.15) is 0 Å². The molecule has 0 N–H and O–H groups in total. The van der Waals surface area contributed by atoms with Crippen LogP contribution in [0.3, 0.4) is 0 Å². The molecule has 0 bridgehead atoms. The highest BCUT2D eigenvalue weighted by molar-refractivity contribution is 7.26. The lowest BCUT2D eigenvalue weighted by Gasteiger charge is -2.16. The minimum Gasteiger partial charge on any atom is -0.208 e. The topological polar surface area (TPSA) is 77.3 Å². The van der Waals surface area contributed by atoms with E-state index in [2.05, 4.69) is 346 Å². The van der Waals surface area contributed by atoms with E-state index >= 15 is 0 Å². The molecule has 0 aliphatic carbocycles. The van der Waals surface area contributed by atoms with Crippen LogP contribution < -0.4 is 0 Å². The zero-order chi connectivity index (χ0) is 68.6. The van der Waals surface area contributed by atoms with Gasteiger partial charge in [0.1, 0.15) is 0 Å². The Hall–Kier alpha value is -13.2. The summed E-state index contributed by atoms with van der Waals surface area (Å²) in [7, 11) is 0. The Bertz CT molecular complexity index is 6750. The van der Waals surface area contributed by atoms with Crippen molar-refractivity contribution in [3.63, 3.8) is 0 Å². The zero-order valence-corrected chi connectivity index (χ0v) is 57.6. The van der Waals surface area contributed by atoms with Crippen molar-refractivity contribution in [1.29, 1.82) is 0 Å². The van der Waals surface area contributed by atoms with E-state index in [-0.39, 0.29) is 0 Å². The first kappa shape index (κ1) is 60.7. The van der Waals surface area contributed by atoms with E-state index in [1.807, 2.05) is 6.07 Å². The van der Waals surface area contributed by atoms with Crippen LogP contribution >= 0.6 is 22.7 Å². The number of nitrogens with zero attached hydrogens (tertiary/aromatic N) is 6. The van der Waals surface area contributed by atoms with Crippen LogP contribution in [-0.2, 0) is 0 Å². The van der Waals surface area contributed by atoms with Crippen LogP contribution in [-0.4, -0.2) is 29.9 Å². The Morgan fingerprint density at radius 2 is 0.529 bits per heavy atom. The number of hydrogen-bond acceptors (Lipinski definition) is 8. The molecular weight excluding hydrogens is 1300 g/mol. The van der Waals surface area contributed by atoms with Crippen molar-refractivity contribution in [3.05, 3.63) is 352 Å². The highest BCUT2D eigenvalue weighted by Crippen LogP contribution is 2.48. The lowest BCUT2D eigenvalue weighted by Crippen LogP contribution is -2.01. The van der Waals surface area contributed by atoms with Crippen molar-refractivity contribution in [2.75, 3.05) is 0 Å². The van der Waals surface area contributed by atoms with Gasteiger partial charge in [-0.2, -0.15) is 0 Å². The van der Waals surface area contributed by atoms with Gasteiger partial charge in [-0.3, -0.25) is 0 Å². The molecule has 4 heterocycles. The molecule has 484 valence electrons. The van der Waals surface area contributed by atoms with Gasteiger partial charge in [0.2, 0.25) is 0 Å². The third kappa shape index (κ3) is 11.0.